The Bertz CT molecular complexity index is 491. The third kappa shape index (κ3) is 2.00. The highest BCUT2D eigenvalue weighted by Crippen LogP contribution is 2.36. The molecule has 2 N–H and O–H groups in total. The summed E-state index contributed by atoms with van der Waals surface area (Å²) in [4.78, 5) is 0. The van der Waals surface area contributed by atoms with Crippen molar-refractivity contribution in [3.05, 3.63) is 34.7 Å². The maximum absolute atomic E-state index is 5.65. The Morgan fingerprint density at radius 3 is 2.62 bits per heavy atom. The molecule has 0 aliphatic rings. The van der Waals surface area contributed by atoms with Gasteiger partial charge in [-0.1, -0.05) is 39.0 Å². The first-order chi connectivity index (χ1) is 7.54. The molecular weight excluding hydrogens is 214 g/mol. The monoisotopic (exact) mass is 233 g/mol. The summed E-state index contributed by atoms with van der Waals surface area (Å²) in [5.74, 6) is 0. The van der Waals surface area contributed by atoms with Crippen molar-refractivity contribution in [1.82, 2.24) is 0 Å². The highest BCUT2D eigenvalue weighted by Gasteiger charge is 2.18. The van der Waals surface area contributed by atoms with E-state index in [1.165, 1.54) is 21.2 Å². The van der Waals surface area contributed by atoms with Gasteiger partial charge in [-0.05, 0) is 40.3 Å². The fraction of sp³-hybridized carbons (Fsp3) is 0.429. The lowest BCUT2D eigenvalue weighted by atomic mass is 9.86. The zero-order chi connectivity index (χ0) is 11.8. The van der Waals surface area contributed by atoms with Gasteiger partial charge in [-0.25, -0.2) is 0 Å². The molecule has 86 valence electrons. The van der Waals surface area contributed by atoms with Gasteiger partial charge in [0, 0.05) is 4.70 Å². The second kappa shape index (κ2) is 4.19. The van der Waals surface area contributed by atoms with Crippen LogP contribution >= 0.6 is 11.3 Å². The lowest BCUT2D eigenvalue weighted by molar-refractivity contribution is 0.598. The first kappa shape index (κ1) is 11.6. The van der Waals surface area contributed by atoms with Crippen molar-refractivity contribution >= 4 is 21.4 Å². The SMILES string of the molecule is CC(C)(C)c1csc2c(CCN)cccc12. The van der Waals surface area contributed by atoms with Crippen molar-refractivity contribution < 1.29 is 0 Å². The van der Waals surface area contributed by atoms with Crippen molar-refractivity contribution in [2.24, 2.45) is 5.73 Å². The molecule has 1 heterocycles. The van der Waals surface area contributed by atoms with Crippen LogP contribution in [0.25, 0.3) is 10.1 Å². The van der Waals surface area contributed by atoms with E-state index in [0.717, 1.165) is 13.0 Å². The van der Waals surface area contributed by atoms with Crippen LogP contribution in [0, 0.1) is 0 Å². The topological polar surface area (TPSA) is 26.0 Å². The molecule has 1 aromatic carbocycles. The summed E-state index contributed by atoms with van der Waals surface area (Å²) < 4.78 is 1.41. The normalized spacial score (nSPS) is 12.2. The number of benzene rings is 1. The molecular formula is C14H19NS. The second-order valence-corrected chi connectivity index (χ2v) is 6.11. The first-order valence-corrected chi connectivity index (χ1v) is 6.61. The molecule has 2 rings (SSSR count). The van der Waals surface area contributed by atoms with Crippen molar-refractivity contribution in [1.29, 1.82) is 0 Å². The minimum Gasteiger partial charge on any atom is -0.330 e. The molecule has 1 aromatic heterocycles. The Kier molecular flexibility index (Phi) is 3.04. The molecule has 0 aliphatic heterocycles. The highest BCUT2D eigenvalue weighted by molar-refractivity contribution is 7.17. The smallest absolute Gasteiger partial charge is 0.0378 e. The summed E-state index contributed by atoms with van der Waals surface area (Å²) in [6.45, 7) is 7.53. The highest BCUT2D eigenvalue weighted by atomic mass is 32.1. The summed E-state index contributed by atoms with van der Waals surface area (Å²) in [6.07, 6.45) is 0.974. The molecule has 0 spiro atoms. The minimum atomic E-state index is 0.222. The third-order valence-electron chi connectivity index (χ3n) is 2.90. The average molecular weight is 233 g/mol. The number of thiophene rings is 1. The Balaban J connectivity index is 2.62. The van der Waals surface area contributed by atoms with E-state index in [2.05, 4.69) is 44.4 Å². The summed E-state index contributed by atoms with van der Waals surface area (Å²) in [6, 6.07) is 6.57. The summed E-state index contributed by atoms with van der Waals surface area (Å²) >= 11 is 1.85. The van der Waals surface area contributed by atoms with Gasteiger partial charge < -0.3 is 5.73 Å². The number of rotatable bonds is 2. The predicted molar refractivity (Wildman–Crippen MR) is 73.3 cm³/mol. The average Bonchev–Trinajstić information content (AvgIpc) is 2.62. The predicted octanol–water partition coefficient (Wildman–Crippen LogP) is 3.70. The van der Waals surface area contributed by atoms with E-state index in [9.17, 15) is 0 Å². The maximum atomic E-state index is 5.65. The fourth-order valence-electron chi connectivity index (χ4n) is 2.05. The molecule has 16 heavy (non-hydrogen) atoms. The van der Waals surface area contributed by atoms with Crippen LogP contribution in [0.15, 0.2) is 23.6 Å². The lowest BCUT2D eigenvalue weighted by Gasteiger charge is -2.17. The van der Waals surface area contributed by atoms with E-state index < -0.39 is 0 Å². The zero-order valence-corrected chi connectivity index (χ0v) is 11.0. The fourth-order valence-corrected chi connectivity index (χ4v) is 3.39. The maximum Gasteiger partial charge on any atom is 0.0378 e. The van der Waals surface area contributed by atoms with Crippen molar-refractivity contribution in [3.63, 3.8) is 0 Å². The number of nitrogens with two attached hydrogens (primary N) is 1. The van der Waals surface area contributed by atoms with Crippen LogP contribution in [0.1, 0.15) is 31.9 Å². The summed E-state index contributed by atoms with van der Waals surface area (Å²) in [5.41, 5.74) is 8.71. The van der Waals surface area contributed by atoms with Gasteiger partial charge in [0.15, 0.2) is 0 Å². The number of fused-ring (bicyclic) bond motifs is 1. The Labute approximate surface area is 101 Å². The van der Waals surface area contributed by atoms with Gasteiger partial charge in [0.05, 0.1) is 0 Å². The Hall–Kier alpha value is -0.860. The van der Waals surface area contributed by atoms with E-state index >= 15 is 0 Å². The first-order valence-electron chi connectivity index (χ1n) is 5.73. The standard InChI is InChI=1S/C14H19NS/c1-14(2,3)12-9-16-13-10(7-8-15)5-4-6-11(12)13/h4-6,9H,7-8,15H2,1-3H3. The molecule has 0 aliphatic carbocycles. The third-order valence-corrected chi connectivity index (χ3v) is 3.97. The molecule has 0 bridgehead atoms. The van der Waals surface area contributed by atoms with Crippen molar-refractivity contribution in [2.45, 2.75) is 32.6 Å². The Morgan fingerprint density at radius 2 is 2.00 bits per heavy atom. The molecule has 0 atom stereocenters. The quantitative estimate of drug-likeness (QED) is 0.841. The molecule has 0 radical (unpaired) electrons. The zero-order valence-electron chi connectivity index (χ0n) is 10.2. The van der Waals surface area contributed by atoms with Crippen LogP contribution in [0.2, 0.25) is 0 Å². The van der Waals surface area contributed by atoms with Crippen LogP contribution in [-0.2, 0) is 11.8 Å². The minimum absolute atomic E-state index is 0.222. The molecule has 0 fully saturated rings. The molecule has 0 saturated heterocycles. The molecule has 0 amide bonds. The van der Waals surface area contributed by atoms with Gasteiger partial charge in [0.2, 0.25) is 0 Å². The van der Waals surface area contributed by atoms with Crippen LogP contribution < -0.4 is 5.73 Å². The van der Waals surface area contributed by atoms with Gasteiger partial charge in [-0.15, -0.1) is 11.3 Å². The summed E-state index contributed by atoms with van der Waals surface area (Å²) in [5, 5.41) is 3.70. The van der Waals surface area contributed by atoms with E-state index in [1.807, 2.05) is 11.3 Å². The molecule has 0 unspecified atom stereocenters. The van der Waals surface area contributed by atoms with Gasteiger partial charge in [0.1, 0.15) is 0 Å². The van der Waals surface area contributed by atoms with E-state index in [0.29, 0.717) is 0 Å². The van der Waals surface area contributed by atoms with Gasteiger partial charge >= 0.3 is 0 Å². The molecule has 2 aromatic rings. The van der Waals surface area contributed by atoms with Crippen LogP contribution in [0.4, 0.5) is 0 Å². The van der Waals surface area contributed by atoms with Gasteiger partial charge in [-0.2, -0.15) is 0 Å². The second-order valence-electron chi connectivity index (χ2n) is 5.23. The molecule has 1 nitrogen and oxygen atoms in total. The van der Waals surface area contributed by atoms with Gasteiger partial charge in [0.25, 0.3) is 0 Å². The van der Waals surface area contributed by atoms with Crippen molar-refractivity contribution in [2.75, 3.05) is 6.54 Å². The molecule has 2 heteroatoms. The van der Waals surface area contributed by atoms with Crippen molar-refractivity contribution in [3.8, 4) is 0 Å². The van der Waals surface area contributed by atoms with Gasteiger partial charge in [-0.3, -0.25) is 0 Å². The summed E-state index contributed by atoms with van der Waals surface area (Å²) in [7, 11) is 0. The lowest BCUT2D eigenvalue weighted by Crippen LogP contribution is -2.09. The van der Waals surface area contributed by atoms with Crippen LogP contribution in [-0.4, -0.2) is 6.54 Å². The van der Waals surface area contributed by atoms with Crippen LogP contribution in [0.5, 0.6) is 0 Å². The van der Waals surface area contributed by atoms with Crippen LogP contribution in [0.3, 0.4) is 0 Å². The molecule has 0 saturated carbocycles. The van der Waals surface area contributed by atoms with E-state index in [1.54, 1.807) is 0 Å². The Morgan fingerprint density at radius 1 is 1.25 bits per heavy atom. The number of hydrogen-bond acceptors (Lipinski definition) is 2. The largest absolute Gasteiger partial charge is 0.330 e. The van der Waals surface area contributed by atoms with E-state index in [4.69, 9.17) is 5.73 Å². The van der Waals surface area contributed by atoms with E-state index in [-0.39, 0.29) is 5.41 Å². The number of hydrogen-bond donors (Lipinski definition) is 1.